The van der Waals surface area contributed by atoms with Gasteiger partial charge >= 0.3 is 0 Å². The van der Waals surface area contributed by atoms with Crippen LogP contribution in [0.1, 0.15) is 64.8 Å². The van der Waals surface area contributed by atoms with E-state index < -0.39 is 0 Å². The quantitative estimate of drug-likeness (QED) is 0.709. The lowest BCUT2D eigenvalue weighted by Crippen LogP contribution is -2.26. The Hall–Kier alpha value is -3.15. The van der Waals surface area contributed by atoms with Gasteiger partial charge in [0, 0.05) is 17.9 Å². The van der Waals surface area contributed by atoms with Gasteiger partial charge in [0.25, 0.3) is 11.8 Å². The fraction of sp³-hybridized carbons (Fsp3) is 0.318. The maximum absolute atomic E-state index is 13.1. The number of hydrogen-bond donors (Lipinski definition) is 2. The normalized spacial score (nSPS) is 13.7. The Labute approximate surface area is 164 Å². The van der Waals surface area contributed by atoms with Crippen LogP contribution in [0.4, 0.5) is 5.69 Å². The molecule has 1 saturated carbocycles. The van der Waals surface area contributed by atoms with Crippen molar-refractivity contribution >= 4 is 23.0 Å². The number of aryl methyl sites for hydroxylation is 1. The molecular formula is C22H24N4O2. The molecule has 0 saturated heterocycles. The van der Waals surface area contributed by atoms with Gasteiger partial charge in [-0.05, 0) is 48.9 Å². The molecule has 1 aromatic carbocycles. The molecule has 6 heteroatoms. The molecule has 0 aliphatic heterocycles. The molecule has 0 spiro atoms. The lowest BCUT2D eigenvalue weighted by atomic mass is 9.98. The number of anilines is 1. The van der Waals surface area contributed by atoms with Crippen LogP contribution in [0.3, 0.4) is 0 Å². The Morgan fingerprint density at radius 2 is 1.89 bits per heavy atom. The number of rotatable bonds is 5. The Morgan fingerprint density at radius 1 is 1.11 bits per heavy atom. The summed E-state index contributed by atoms with van der Waals surface area (Å²) in [7, 11) is 0. The first-order valence-corrected chi connectivity index (χ1v) is 9.64. The van der Waals surface area contributed by atoms with Crippen molar-refractivity contribution in [2.75, 3.05) is 5.32 Å². The average Bonchev–Trinajstić information content (AvgIpc) is 3.39. The molecule has 4 rings (SSSR count). The van der Waals surface area contributed by atoms with Crippen molar-refractivity contribution in [2.24, 2.45) is 0 Å². The third kappa shape index (κ3) is 3.38. The summed E-state index contributed by atoms with van der Waals surface area (Å²) < 4.78 is 1.67. The number of amides is 2. The number of aromatic nitrogens is 2. The van der Waals surface area contributed by atoms with E-state index in [1.165, 1.54) is 0 Å². The van der Waals surface area contributed by atoms with Crippen LogP contribution in [0.15, 0.2) is 42.6 Å². The van der Waals surface area contributed by atoms with Crippen LogP contribution in [-0.2, 0) is 0 Å². The van der Waals surface area contributed by atoms with E-state index in [-0.39, 0.29) is 35.3 Å². The topological polar surface area (TPSA) is 75.5 Å². The second-order valence-corrected chi connectivity index (χ2v) is 7.64. The molecule has 3 aromatic rings. The summed E-state index contributed by atoms with van der Waals surface area (Å²) in [6.45, 7) is 6.16. The van der Waals surface area contributed by atoms with Crippen LogP contribution in [-0.4, -0.2) is 27.2 Å². The SMILES string of the molecule is Cc1cccc(C(C)C)c1NC(=O)c1nc(C(=O)NC2CC2)c2ccccn12. The predicted octanol–water partition coefficient (Wildman–Crippen LogP) is 3.91. The standard InChI is InChI=1S/C22H24N4O2/c1-13(2)16-8-6-7-14(3)18(16)25-22(28)20-24-19(21(27)23-15-10-11-15)17-9-4-5-12-26(17)20/h4-9,12-13,15H,10-11H2,1-3H3,(H,23,27)(H,25,28). The predicted molar refractivity (Wildman–Crippen MR) is 109 cm³/mol. The number of carbonyl (C=O) groups is 2. The summed E-state index contributed by atoms with van der Waals surface area (Å²) in [5, 5.41) is 5.97. The van der Waals surface area contributed by atoms with Gasteiger partial charge in [-0.3, -0.25) is 14.0 Å². The number of pyridine rings is 1. The number of benzene rings is 1. The van der Waals surface area contributed by atoms with Gasteiger partial charge in [0.05, 0.1) is 5.52 Å². The molecule has 28 heavy (non-hydrogen) atoms. The van der Waals surface area contributed by atoms with Crippen molar-refractivity contribution in [2.45, 2.75) is 45.6 Å². The average molecular weight is 376 g/mol. The minimum Gasteiger partial charge on any atom is -0.348 e. The molecule has 2 heterocycles. The van der Waals surface area contributed by atoms with E-state index in [4.69, 9.17) is 0 Å². The van der Waals surface area contributed by atoms with Crippen LogP contribution >= 0.6 is 0 Å². The Bertz CT molecular complexity index is 1060. The zero-order valence-corrected chi connectivity index (χ0v) is 16.3. The van der Waals surface area contributed by atoms with E-state index in [0.717, 1.165) is 29.7 Å². The molecule has 0 unspecified atom stereocenters. The highest BCUT2D eigenvalue weighted by Gasteiger charge is 2.28. The van der Waals surface area contributed by atoms with E-state index in [9.17, 15) is 9.59 Å². The number of nitrogens with one attached hydrogen (secondary N) is 2. The summed E-state index contributed by atoms with van der Waals surface area (Å²) in [4.78, 5) is 30.1. The number of carbonyl (C=O) groups excluding carboxylic acids is 2. The van der Waals surface area contributed by atoms with Gasteiger partial charge in [-0.15, -0.1) is 0 Å². The van der Waals surface area contributed by atoms with Gasteiger partial charge in [-0.2, -0.15) is 0 Å². The fourth-order valence-corrected chi connectivity index (χ4v) is 3.36. The Morgan fingerprint density at radius 3 is 2.61 bits per heavy atom. The van der Waals surface area contributed by atoms with Crippen molar-refractivity contribution in [1.82, 2.24) is 14.7 Å². The molecule has 6 nitrogen and oxygen atoms in total. The van der Waals surface area contributed by atoms with Gasteiger partial charge in [0.15, 0.2) is 5.69 Å². The first kappa shape index (κ1) is 18.2. The summed E-state index contributed by atoms with van der Waals surface area (Å²) in [6, 6.07) is 11.7. The molecule has 0 radical (unpaired) electrons. The maximum Gasteiger partial charge on any atom is 0.292 e. The van der Waals surface area contributed by atoms with Gasteiger partial charge in [0.2, 0.25) is 5.82 Å². The Balaban J connectivity index is 1.72. The molecule has 0 atom stereocenters. The van der Waals surface area contributed by atoms with Crippen molar-refractivity contribution in [3.63, 3.8) is 0 Å². The van der Waals surface area contributed by atoms with Gasteiger partial charge in [-0.25, -0.2) is 4.98 Å². The number of fused-ring (bicyclic) bond motifs is 1. The molecule has 1 fully saturated rings. The molecule has 2 amide bonds. The fourth-order valence-electron chi connectivity index (χ4n) is 3.36. The zero-order valence-electron chi connectivity index (χ0n) is 16.3. The van der Waals surface area contributed by atoms with Crippen LogP contribution in [0, 0.1) is 6.92 Å². The van der Waals surface area contributed by atoms with Crippen LogP contribution < -0.4 is 10.6 Å². The summed E-state index contributed by atoms with van der Waals surface area (Å²) in [6.07, 6.45) is 3.75. The summed E-state index contributed by atoms with van der Waals surface area (Å²) in [5.74, 6) is -0.0894. The summed E-state index contributed by atoms with van der Waals surface area (Å²) in [5.41, 5.74) is 3.78. The van der Waals surface area contributed by atoms with Crippen molar-refractivity contribution in [1.29, 1.82) is 0 Å². The van der Waals surface area contributed by atoms with E-state index in [0.29, 0.717) is 5.52 Å². The first-order valence-electron chi connectivity index (χ1n) is 9.64. The monoisotopic (exact) mass is 376 g/mol. The molecule has 0 bridgehead atoms. The summed E-state index contributed by atoms with van der Waals surface area (Å²) >= 11 is 0. The minimum absolute atomic E-state index is 0.203. The highest BCUT2D eigenvalue weighted by molar-refractivity contribution is 6.06. The molecule has 144 valence electrons. The van der Waals surface area contributed by atoms with E-state index >= 15 is 0 Å². The van der Waals surface area contributed by atoms with E-state index in [2.05, 4.69) is 29.5 Å². The number of imidazole rings is 1. The van der Waals surface area contributed by atoms with Crippen LogP contribution in [0.25, 0.3) is 5.52 Å². The first-order chi connectivity index (χ1) is 13.5. The maximum atomic E-state index is 13.1. The minimum atomic E-state index is -0.331. The molecule has 1 aliphatic rings. The van der Waals surface area contributed by atoms with Gasteiger partial charge in [-0.1, -0.05) is 38.1 Å². The second-order valence-electron chi connectivity index (χ2n) is 7.64. The van der Waals surface area contributed by atoms with Gasteiger partial charge < -0.3 is 10.6 Å². The molecule has 2 aromatic heterocycles. The van der Waals surface area contributed by atoms with Crippen LogP contribution in [0.5, 0.6) is 0 Å². The highest BCUT2D eigenvalue weighted by Crippen LogP contribution is 2.28. The van der Waals surface area contributed by atoms with Crippen LogP contribution in [0.2, 0.25) is 0 Å². The lowest BCUT2D eigenvalue weighted by Gasteiger charge is -2.16. The van der Waals surface area contributed by atoms with Crippen molar-refractivity contribution in [3.05, 3.63) is 65.2 Å². The molecule has 1 aliphatic carbocycles. The van der Waals surface area contributed by atoms with E-state index in [1.54, 1.807) is 16.7 Å². The second kappa shape index (κ2) is 7.11. The van der Waals surface area contributed by atoms with Gasteiger partial charge in [0.1, 0.15) is 0 Å². The number of hydrogen-bond acceptors (Lipinski definition) is 3. The highest BCUT2D eigenvalue weighted by atomic mass is 16.2. The van der Waals surface area contributed by atoms with E-state index in [1.807, 2.05) is 37.3 Å². The molecule has 2 N–H and O–H groups in total. The third-order valence-electron chi connectivity index (χ3n) is 5.04. The lowest BCUT2D eigenvalue weighted by molar-refractivity contribution is 0.0948. The zero-order chi connectivity index (χ0) is 19.8. The van der Waals surface area contributed by atoms with Crippen molar-refractivity contribution < 1.29 is 9.59 Å². The molecular weight excluding hydrogens is 352 g/mol. The largest absolute Gasteiger partial charge is 0.348 e. The number of para-hydroxylation sites is 1. The van der Waals surface area contributed by atoms with Crippen molar-refractivity contribution in [3.8, 4) is 0 Å². The third-order valence-corrected chi connectivity index (χ3v) is 5.04. The smallest absolute Gasteiger partial charge is 0.292 e. The number of nitrogens with zero attached hydrogens (tertiary/aromatic N) is 2. The Kier molecular flexibility index (Phi) is 4.63.